The molecule has 0 spiro atoms. The molecule has 6 rings (SSSR count). The van der Waals surface area contributed by atoms with E-state index in [0.717, 1.165) is 17.9 Å². The number of rotatable bonds is 7. The van der Waals surface area contributed by atoms with E-state index in [-0.39, 0.29) is 0 Å². The van der Waals surface area contributed by atoms with Gasteiger partial charge < -0.3 is 14.3 Å². The Morgan fingerprint density at radius 1 is 0.703 bits per heavy atom. The number of anilines is 1. The fourth-order valence-corrected chi connectivity index (χ4v) is 5.47. The maximum Gasteiger partial charge on any atom is 0.133 e. The van der Waals surface area contributed by atoms with Gasteiger partial charge in [0.2, 0.25) is 0 Å². The average Bonchev–Trinajstić information content (AvgIpc) is 3.61. The molecule has 0 atom stereocenters. The van der Waals surface area contributed by atoms with E-state index in [9.17, 15) is 0 Å². The minimum absolute atomic E-state index is 0.493. The van der Waals surface area contributed by atoms with Crippen LogP contribution in [-0.2, 0) is 12.0 Å². The normalized spacial score (nSPS) is 13.3. The highest BCUT2D eigenvalue weighted by Gasteiger charge is 2.42. The van der Waals surface area contributed by atoms with Gasteiger partial charge in [-0.25, -0.2) is 0 Å². The number of hydrogen-bond acceptors (Lipinski definition) is 4. The van der Waals surface area contributed by atoms with Gasteiger partial charge in [-0.15, -0.1) is 0 Å². The lowest BCUT2D eigenvalue weighted by molar-refractivity contribution is 0.250. The van der Waals surface area contributed by atoms with Crippen LogP contribution in [0.15, 0.2) is 138 Å². The third-order valence-corrected chi connectivity index (χ3v) is 7.09. The standard InChI is InChI=1S/C33H29N3O/c1-26-23-31(34-37-26)24-27-13-11-12-20-32(27)35-21-22-36(25-35)33(28-14-5-2-6-15-28,29-16-7-3-8-17-29)30-18-9-4-10-19-30/h2-23H,24-25H2,1H3. The van der Waals surface area contributed by atoms with E-state index in [1.165, 1.54) is 27.9 Å². The van der Waals surface area contributed by atoms with Gasteiger partial charge in [-0.2, -0.15) is 0 Å². The number of benzene rings is 4. The molecule has 0 amide bonds. The van der Waals surface area contributed by atoms with Gasteiger partial charge in [0.1, 0.15) is 11.3 Å². The van der Waals surface area contributed by atoms with Gasteiger partial charge in [0, 0.05) is 30.6 Å². The lowest BCUT2D eigenvalue weighted by Crippen LogP contribution is -2.46. The largest absolute Gasteiger partial charge is 0.361 e. The molecule has 4 heteroatoms. The second kappa shape index (κ2) is 9.82. The molecule has 0 saturated heterocycles. The van der Waals surface area contributed by atoms with Crippen LogP contribution in [0.2, 0.25) is 0 Å². The van der Waals surface area contributed by atoms with Gasteiger partial charge in [-0.3, -0.25) is 0 Å². The smallest absolute Gasteiger partial charge is 0.133 e. The molecule has 2 heterocycles. The molecule has 4 aromatic carbocycles. The zero-order valence-corrected chi connectivity index (χ0v) is 20.9. The molecule has 182 valence electrons. The highest BCUT2D eigenvalue weighted by Crippen LogP contribution is 2.44. The van der Waals surface area contributed by atoms with Crippen LogP contribution in [-0.4, -0.2) is 16.7 Å². The van der Waals surface area contributed by atoms with Crippen molar-refractivity contribution in [3.63, 3.8) is 0 Å². The van der Waals surface area contributed by atoms with Gasteiger partial charge in [0.15, 0.2) is 0 Å². The zero-order chi connectivity index (χ0) is 25.1. The molecule has 0 unspecified atom stereocenters. The Bertz CT molecular complexity index is 1400. The van der Waals surface area contributed by atoms with Crippen molar-refractivity contribution in [2.45, 2.75) is 18.9 Å². The summed E-state index contributed by atoms with van der Waals surface area (Å²) < 4.78 is 5.32. The SMILES string of the molecule is Cc1cc(Cc2ccccc2N2C=CN(C(c3ccccc3)(c3ccccc3)c3ccccc3)C2)no1. The van der Waals surface area contributed by atoms with E-state index >= 15 is 0 Å². The number of aromatic nitrogens is 1. The predicted octanol–water partition coefficient (Wildman–Crippen LogP) is 7.12. The van der Waals surface area contributed by atoms with Crippen molar-refractivity contribution in [3.8, 4) is 0 Å². The van der Waals surface area contributed by atoms with Crippen molar-refractivity contribution in [2.75, 3.05) is 11.6 Å². The van der Waals surface area contributed by atoms with Crippen molar-refractivity contribution in [3.05, 3.63) is 167 Å². The summed E-state index contributed by atoms with van der Waals surface area (Å²) in [5.41, 5.74) is 6.52. The summed E-state index contributed by atoms with van der Waals surface area (Å²) in [6.45, 7) is 2.63. The van der Waals surface area contributed by atoms with Crippen LogP contribution in [0.1, 0.15) is 33.7 Å². The van der Waals surface area contributed by atoms with Gasteiger partial charge in [-0.1, -0.05) is 114 Å². The van der Waals surface area contributed by atoms with Gasteiger partial charge >= 0.3 is 0 Å². The maximum atomic E-state index is 5.32. The lowest BCUT2D eigenvalue weighted by Gasteiger charge is -2.44. The first kappa shape index (κ1) is 22.9. The van der Waals surface area contributed by atoms with E-state index in [2.05, 4.69) is 143 Å². The van der Waals surface area contributed by atoms with Gasteiger partial charge in [0.05, 0.1) is 12.4 Å². The van der Waals surface area contributed by atoms with Crippen molar-refractivity contribution in [1.82, 2.24) is 10.1 Å². The molecule has 0 aliphatic carbocycles. The monoisotopic (exact) mass is 483 g/mol. The Balaban J connectivity index is 1.44. The van der Waals surface area contributed by atoms with Crippen molar-refractivity contribution < 1.29 is 4.52 Å². The van der Waals surface area contributed by atoms with Crippen molar-refractivity contribution >= 4 is 5.69 Å². The Morgan fingerprint density at radius 2 is 1.24 bits per heavy atom. The maximum absolute atomic E-state index is 5.32. The fraction of sp³-hybridized carbons (Fsp3) is 0.121. The highest BCUT2D eigenvalue weighted by atomic mass is 16.5. The first-order valence-electron chi connectivity index (χ1n) is 12.6. The van der Waals surface area contributed by atoms with Crippen LogP contribution in [0.5, 0.6) is 0 Å². The Hall–Kier alpha value is -4.57. The Kier molecular flexibility index (Phi) is 6.07. The van der Waals surface area contributed by atoms with Crippen LogP contribution in [0, 0.1) is 6.92 Å². The number of nitrogens with zero attached hydrogens (tertiary/aromatic N) is 3. The Morgan fingerprint density at radius 3 is 1.78 bits per heavy atom. The molecular weight excluding hydrogens is 454 g/mol. The summed E-state index contributed by atoms with van der Waals surface area (Å²) in [4.78, 5) is 4.77. The molecule has 1 aliphatic rings. The van der Waals surface area contributed by atoms with Crippen molar-refractivity contribution in [1.29, 1.82) is 0 Å². The molecule has 4 nitrogen and oxygen atoms in total. The molecule has 5 aromatic rings. The molecule has 0 fully saturated rings. The summed E-state index contributed by atoms with van der Waals surface area (Å²) in [6, 6.07) is 43.0. The van der Waals surface area contributed by atoms with Gasteiger partial charge in [-0.05, 0) is 35.2 Å². The molecular formula is C33H29N3O. The predicted molar refractivity (Wildman–Crippen MR) is 148 cm³/mol. The summed E-state index contributed by atoms with van der Waals surface area (Å²) in [6.07, 6.45) is 5.14. The summed E-state index contributed by atoms with van der Waals surface area (Å²) in [7, 11) is 0. The third-order valence-electron chi connectivity index (χ3n) is 7.09. The summed E-state index contributed by atoms with van der Waals surface area (Å²) in [5.74, 6) is 0.832. The second-order valence-corrected chi connectivity index (χ2v) is 9.42. The van der Waals surface area contributed by atoms with Crippen LogP contribution < -0.4 is 4.90 Å². The third kappa shape index (κ3) is 4.21. The molecule has 1 aromatic heterocycles. The quantitative estimate of drug-likeness (QED) is 0.231. The molecule has 0 saturated carbocycles. The van der Waals surface area contributed by atoms with Crippen LogP contribution >= 0.6 is 0 Å². The second-order valence-electron chi connectivity index (χ2n) is 9.42. The number of para-hydroxylation sites is 1. The summed E-state index contributed by atoms with van der Waals surface area (Å²) in [5, 5.41) is 4.23. The average molecular weight is 484 g/mol. The zero-order valence-electron chi connectivity index (χ0n) is 20.9. The van der Waals surface area contributed by atoms with E-state index in [1.54, 1.807) is 0 Å². The molecule has 0 N–H and O–H groups in total. The fourth-order valence-electron chi connectivity index (χ4n) is 5.47. The molecule has 0 bridgehead atoms. The van der Waals surface area contributed by atoms with Crippen LogP contribution in [0.25, 0.3) is 0 Å². The first-order valence-corrected chi connectivity index (χ1v) is 12.6. The first-order chi connectivity index (χ1) is 18.2. The minimum atomic E-state index is -0.493. The van der Waals surface area contributed by atoms with E-state index in [0.29, 0.717) is 6.67 Å². The molecule has 1 aliphatic heterocycles. The highest BCUT2D eigenvalue weighted by molar-refractivity contribution is 5.59. The van der Waals surface area contributed by atoms with Crippen molar-refractivity contribution in [2.24, 2.45) is 0 Å². The van der Waals surface area contributed by atoms with E-state index in [4.69, 9.17) is 4.52 Å². The van der Waals surface area contributed by atoms with Crippen LogP contribution in [0.4, 0.5) is 5.69 Å². The van der Waals surface area contributed by atoms with Gasteiger partial charge in [0.25, 0.3) is 0 Å². The number of aryl methyl sites for hydroxylation is 1. The van der Waals surface area contributed by atoms with Crippen LogP contribution in [0.3, 0.4) is 0 Å². The topological polar surface area (TPSA) is 32.5 Å². The number of hydrogen-bond donors (Lipinski definition) is 0. The van der Waals surface area contributed by atoms with E-state index in [1.807, 2.05) is 13.0 Å². The molecule has 0 radical (unpaired) electrons. The van der Waals surface area contributed by atoms with E-state index < -0.39 is 5.54 Å². The summed E-state index contributed by atoms with van der Waals surface area (Å²) >= 11 is 0. The minimum Gasteiger partial charge on any atom is -0.361 e. The lowest BCUT2D eigenvalue weighted by atomic mass is 9.76. The Labute approximate surface area is 218 Å². The molecule has 37 heavy (non-hydrogen) atoms.